The molecule has 0 fully saturated rings. The molecule has 1 N–H and O–H groups in total. The second-order valence-corrected chi connectivity index (χ2v) is 7.97. The number of amides is 1. The van der Waals surface area contributed by atoms with Gasteiger partial charge in [0.05, 0.1) is 11.6 Å². The van der Waals surface area contributed by atoms with Gasteiger partial charge >= 0.3 is 11.8 Å². The molecule has 0 spiro atoms. The van der Waals surface area contributed by atoms with Crippen molar-refractivity contribution in [1.82, 2.24) is 19.8 Å². The number of nitrogens with one attached hydrogen (secondary N) is 1. The van der Waals surface area contributed by atoms with Gasteiger partial charge in [0.15, 0.2) is 0 Å². The largest absolute Gasteiger partial charge is 0.444 e. The standard InChI is InChI=1S/C24H24N6O4/c25-15-19-3-1-18(2-4-19)9-10-26-23(31)21-7-5-20(6-8-21)16-28-11-12-29-17-22(30(32)33)27-24(29)34-14-13-28/h1-8,17H,9-14,16H2,(H,26,31). The molecular weight excluding hydrogens is 436 g/mol. The molecule has 0 radical (unpaired) electrons. The van der Waals surface area contributed by atoms with E-state index >= 15 is 0 Å². The number of nitro groups is 1. The van der Waals surface area contributed by atoms with E-state index < -0.39 is 4.92 Å². The Morgan fingerprint density at radius 1 is 1.12 bits per heavy atom. The van der Waals surface area contributed by atoms with Crippen LogP contribution in [0, 0.1) is 21.4 Å². The summed E-state index contributed by atoms with van der Waals surface area (Å²) in [5, 5.41) is 22.7. The van der Waals surface area contributed by atoms with Gasteiger partial charge in [-0.3, -0.25) is 14.3 Å². The van der Waals surface area contributed by atoms with Gasteiger partial charge in [-0.2, -0.15) is 5.26 Å². The molecule has 174 valence electrons. The fourth-order valence-corrected chi connectivity index (χ4v) is 3.72. The molecule has 10 heteroatoms. The molecule has 0 bridgehead atoms. The maximum absolute atomic E-state index is 12.4. The number of rotatable bonds is 7. The fraction of sp³-hybridized carbons (Fsp3) is 0.292. The van der Waals surface area contributed by atoms with E-state index in [0.29, 0.717) is 56.9 Å². The first-order valence-electron chi connectivity index (χ1n) is 10.9. The third kappa shape index (κ3) is 5.76. The van der Waals surface area contributed by atoms with Gasteiger partial charge < -0.3 is 20.2 Å². The number of fused-ring (bicyclic) bond motifs is 1. The van der Waals surface area contributed by atoms with Crippen LogP contribution in [0.3, 0.4) is 0 Å². The lowest BCUT2D eigenvalue weighted by molar-refractivity contribution is -0.389. The van der Waals surface area contributed by atoms with Gasteiger partial charge in [-0.1, -0.05) is 24.3 Å². The third-order valence-corrected chi connectivity index (χ3v) is 5.61. The molecular formula is C24H24N6O4. The van der Waals surface area contributed by atoms with Crippen LogP contribution >= 0.6 is 0 Å². The Balaban J connectivity index is 1.26. The summed E-state index contributed by atoms with van der Waals surface area (Å²) in [6.07, 6.45) is 2.09. The Kier molecular flexibility index (Phi) is 7.15. The molecule has 1 aliphatic heterocycles. The summed E-state index contributed by atoms with van der Waals surface area (Å²) < 4.78 is 7.26. The predicted molar refractivity (Wildman–Crippen MR) is 123 cm³/mol. The third-order valence-electron chi connectivity index (χ3n) is 5.61. The van der Waals surface area contributed by atoms with E-state index in [2.05, 4.69) is 21.3 Å². The summed E-state index contributed by atoms with van der Waals surface area (Å²) in [5.41, 5.74) is 3.33. The van der Waals surface area contributed by atoms with Crippen molar-refractivity contribution in [2.75, 3.05) is 26.2 Å². The average Bonchev–Trinajstić information content (AvgIpc) is 3.24. The van der Waals surface area contributed by atoms with E-state index in [1.165, 1.54) is 6.20 Å². The fourth-order valence-electron chi connectivity index (χ4n) is 3.72. The number of carbonyl (C=O) groups is 1. The molecule has 0 aliphatic carbocycles. The smallest absolute Gasteiger partial charge is 0.414 e. The molecule has 34 heavy (non-hydrogen) atoms. The Morgan fingerprint density at radius 2 is 1.85 bits per heavy atom. The molecule has 0 saturated carbocycles. The molecule has 0 saturated heterocycles. The first kappa shape index (κ1) is 22.9. The van der Waals surface area contributed by atoms with Crippen LogP contribution in [0.5, 0.6) is 6.01 Å². The first-order valence-corrected chi connectivity index (χ1v) is 10.9. The number of hydrogen-bond donors (Lipinski definition) is 1. The van der Waals surface area contributed by atoms with Crippen molar-refractivity contribution in [3.05, 3.63) is 87.1 Å². The number of aromatic nitrogens is 2. The molecule has 1 aliphatic rings. The summed E-state index contributed by atoms with van der Waals surface area (Å²) >= 11 is 0. The topological polar surface area (TPSA) is 126 Å². The monoisotopic (exact) mass is 460 g/mol. The van der Waals surface area contributed by atoms with Crippen LogP contribution in [0.15, 0.2) is 54.7 Å². The van der Waals surface area contributed by atoms with E-state index in [4.69, 9.17) is 10.00 Å². The summed E-state index contributed by atoms with van der Waals surface area (Å²) in [6, 6.07) is 17.2. The Bertz CT molecular complexity index is 1200. The minimum Gasteiger partial charge on any atom is -0.444 e. The lowest BCUT2D eigenvalue weighted by Gasteiger charge is -2.24. The average molecular weight is 460 g/mol. The molecule has 2 aromatic carbocycles. The molecule has 3 aromatic rings. The Labute approximate surface area is 196 Å². The number of imidazole rings is 1. The van der Waals surface area contributed by atoms with Crippen LogP contribution in [0.25, 0.3) is 0 Å². The zero-order chi connectivity index (χ0) is 23.9. The summed E-state index contributed by atoms with van der Waals surface area (Å²) in [6.45, 7) is 3.47. The van der Waals surface area contributed by atoms with Gasteiger partial charge in [-0.05, 0) is 46.7 Å². The van der Waals surface area contributed by atoms with Crippen LogP contribution in [-0.2, 0) is 19.5 Å². The summed E-state index contributed by atoms with van der Waals surface area (Å²) in [7, 11) is 0. The van der Waals surface area contributed by atoms with Crippen LogP contribution < -0.4 is 10.1 Å². The van der Waals surface area contributed by atoms with Gasteiger partial charge in [-0.25, -0.2) is 0 Å². The van der Waals surface area contributed by atoms with Crippen LogP contribution in [0.1, 0.15) is 27.0 Å². The highest BCUT2D eigenvalue weighted by atomic mass is 16.6. The lowest BCUT2D eigenvalue weighted by Crippen LogP contribution is -2.33. The number of ether oxygens (including phenoxy) is 1. The Morgan fingerprint density at radius 3 is 2.56 bits per heavy atom. The van der Waals surface area contributed by atoms with Crippen molar-refractivity contribution in [1.29, 1.82) is 5.26 Å². The summed E-state index contributed by atoms with van der Waals surface area (Å²) in [4.78, 5) is 29.0. The van der Waals surface area contributed by atoms with E-state index in [1.54, 1.807) is 16.7 Å². The maximum Gasteiger partial charge on any atom is 0.414 e. The maximum atomic E-state index is 12.4. The lowest BCUT2D eigenvalue weighted by atomic mass is 10.1. The minimum atomic E-state index is -0.524. The molecule has 0 atom stereocenters. The second-order valence-electron chi connectivity index (χ2n) is 7.97. The van der Waals surface area contributed by atoms with Crippen molar-refractivity contribution in [2.45, 2.75) is 19.5 Å². The van der Waals surface area contributed by atoms with Crippen LogP contribution in [-0.4, -0.2) is 51.5 Å². The predicted octanol–water partition coefficient (Wildman–Crippen LogP) is 2.53. The molecule has 1 aromatic heterocycles. The van der Waals surface area contributed by atoms with Crippen molar-refractivity contribution < 1.29 is 14.5 Å². The van der Waals surface area contributed by atoms with Crippen LogP contribution in [0.2, 0.25) is 0 Å². The molecule has 0 unspecified atom stereocenters. The van der Waals surface area contributed by atoms with Crippen LogP contribution in [0.4, 0.5) is 5.82 Å². The highest BCUT2D eigenvalue weighted by Crippen LogP contribution is 2.19. The number of hydrogen-bond acceptors (Lipinski definition) is 7. The number of benzene rings is 2. The van der Waals surface area contributed by atoms with E-state index in [0.717, 1.165) is 11.1 Å². The first-order chi connectivity index (χ1) is 16.5. The van der Waals surface area contributed by atoms with E-state index in [9.17, 15) is 14.9 Å². The quantitative estimate of drug-likeness (QED) is 0.424. The van der Waals surface area contributed by atoms with Gasteiger partial charge in [-0.15, -0.1) is 0 Å². The van der Waals surface area contributed by atoms with Gasteiger partial charge in [0.25, 0.3) is 5.91 Å². The van der Waals surface area contributed by atoms with Gasteiger partial charge in [0, 0.05) is 43.3 Å². The summed E-state index contributed by atoms with van der Waals surface area (Å²) in [5.74, 6) is -0.344. The zero-order valence-corrected chi connectivity index (χ0v) is 18.5. The number of nitriles is 1. The second kappa shape index (κ2) is 10.6. The molecule has 4 rings (SSSR count). The minimum absolute atomic E-state index is 0.130. The van der Waals surface area contributed by atoms with Crippen molar-refractivity contribution in [3.8, 4) is 12.1 Å². The van der Waals surface area contributed by atoms with E-state index in [-0.39, 0.29) is 17.7 Å². The van der Waals surface area contributed by atoms with Gasteiger partial charge in [0.1, 0.15) is 12.8 Å². The molecule has 10 nitrogen and oxygen atoms in total. The Hall–Kier alpha value is -4.23. The zero-order valence-electron chi connectivity index (χ0n) is 18.5. The number of carbonyl (C=O) groups excluding carboxylic acids is 1. The molecule has 1 amide bonds. The SMILES string of the molecule is N#Cc1ccc(CCNC(=O)c2ccc(CN3CCOc4nc([N+](=O)[O-])cn4CC3)cc2)cc1. The highest BCUT2D eigenvalue weighted by Gasteiger charge is 2.22. The normalized spacial score (nSPS) is 13.6. The highest BCUT2D eigenvalue weighted by molar-refractivity contribution is 5.94. The van der Waals surface area contributed by atoms with Crippen molar-refractivity contribution in [3.63, 3.8) is 0 Å². The number of nitrogens with zero attached hydrogens (tertiary/aromatic N) is 5. The van der Waals surface area contributed by atoms with E-state index in [1.807, 2.05) is 36.4 Å². The van der Waals surface area contributed by atoms with Crippen molar-refractivity contribution in [2.24, 2.45) is 0 Å². The van der Waals surface area contributed by atoms with Crippen molar-refractivity contribution >= 4 is 11.7 Å². The van der Waals surface area contributed by atoms with Gasteiger partial charge in [0.2, 0.25) is 0 Å². The molecule has 2 heterocycles.